The van der Waals surface area contributed by atoms with E-state index in [1.807, 2.05) is 6.07 Å². The largest absolute Gasteiger partial charge is 0.508 e. The second kappa shape index (κ2) is 8.81. The zero-order valence-corrected chi connectivity index (χ0v) is 11.2. The van der Waals surface area contributed by atoms with E-state index in [2.05, 4.69) is 5.32 Å². The Kier molecular flexibility index (Phi) is 7.26. The topological polar surface area (TPSA) is 49.3 Å². The van der Waals surface area contributed by atoms with Crippen molar-refractivity contribution < 1.29 is 9.90 Å². The number of rotatable bonds is 8. The Morgan fingerprint density at radius 3 is 2.72 bits per heavy atom. The number of amides is 1. The van der Waals surface area contributed by atoms with Crippen molar-refractivity contribution in [1.82, 2.24) is 5.32 Å². The molecule has 0 unspecified atom stereocenters. The molecule has 1 aromatic rings. The van der Waals surface area contributed by atoms with E-state index in [0.29, 0.717) is 18.8 Å². The number of carbonyl (C=O) groups excluding carboxylic acids is 1. The third-order valence-electron chi connectivity index (χ3n) is 2.66. The summed E-state index contributed by atoms with van der Waals surface area (Å²) in [6, 6.07) is 6.78. The number of aromatic hydroxyl groups is 1. The Labute approximate surface area is 113 Å². The Balaban J connectivity index is 2.14. The van der Waals surface area contributed by atoms with Crippen LogP contribution in [0.15, 0.2) is 24.3 Å². The van der Waals surface area contributed by atoms with Gasteiger partial charge in [-0.05, 0) is 30.5 Å². The Morgan fingerprint density at radius 2 is 2.00 bits per heavy atom. The molecule has 2 N–H and O–H groups in total. The molecule has 0 bridgehead atoms. The van der Waals surface area contributed by atoms with Crippen LogP contribution >= 0.6 is 11.6 Å². The van der Waals surface area contributed by atoms with Gasteiger partial charge in [-0.15, -0.1) is 11.6 Å². The number of unbranched alkanes of at least 4 members (excludes halogenated alkanes) is 3. The smallest absolute Gasteiger partial charge is 0.224 e. The highest BCUT2D eigenvalue weighted by atomic mass is 35.5. The van der Waals surface area contributed by atoms with E-state index in [1.165, 1.54) is 0 Å². The molecule has 100 valence electrons. The normalized spacial score (nSPS) is 10.3. The molecule has 0 atom stereocenters. The van der Waals surface area contributed by atoms with Gasteiger partial charge in [0.05, 0.1) is 6.42 Å². The molecular formula is C14H20ClNO2. The summed E-state index contributed by atoms with van der Waals surface area (Å²) in [5.74, 6) is 0.906. The van der Waals surface area contributed by atoms with E-state index in [0.717, 1.165) is 31.2 Å². The van der Waals surface area contributed by atoms with Gasteiger partial charge in [0, 0.05) is 12.4 Å². The molecule has 0 fully saturated rings. The lowest BCUT2D eigenvalue weighted by Gasteiger charge is -2.05. The molecule has 3 nitrogen and oxygen atoms in total. The van der Waals surface area contributed by atoms with E-state index in [-0.39, 0.29) is 11.7 Å². The fraction of sp³-hybridized carbons (Fsp3) is 0.500. The van der Waals surface area contributed by atoms with Crippen LogP contribution in [0.25, 0.3) is 0 Å². The quantitative estimate of drug-likeness (QED) is 0.563. The monoisotopic (exact) mass is 269 g/mol. The van der Waals surface area contributed by atoms with Gasteiger partial charge in [-0.25, -0.2) is 0 Å². The summed E-state index contributed by atoms with van der Waals surface area (Å²) < 4.78 is 0. The van der Waals surface area contributed by atoms with Crippen LogP contribution in [-0.2, 0) is 11.2 Å². The van der Waals surface area contributed by atoms with Crippen molar-refractivity contribution in [2.24, 2.45) is 0 Å². The minimum atomic E-state index is -0.00190. The third kappa shape index (κ3) is 6.50. The van der Waals surface area contributed by atoms with Gasteiger partial charge < -0.3 is 10.4 Å². The summed E-state index contributed by atoms with van der Waals surface area (Å²) in [6.45, 7) is 0.708. The van der Waals surface area contributed by atoms with Crippen molar-refractivity contribution in [1.29, 1.82) is 0 Å². The summed E-state index contributed by atoms with van der Waals surface area (Å²) in [4.78, 5) is 11.6. The molecule has 0 aliphatic rings. The lowest BCUT2D eigenvalue weighted by Crippen LogP contribution is -2.26. The van der Waals surface area contributed by atoms with Gasteiger partial charge in [-0.2, -0.15) is 0 Å². The first-order valence-electron chi connectivity index (χ1n) is 6.33. The molecule has 0 aliphatic carbocycles. The van der Waals surface area contributed by atoms with Crippen LogP contribution in [0.4, 0.5) is 0 Å². The second-order valence-electron chi connectivity index (χ2n) is 4.30. The molecule has 0 aliphatic heterocycles. The number of halogens is 1. The van der Waals surface area contributed by atoms with Crippen LogP contribution < -0.4 is 5.32 Å². The number of hydrogen-bond donors (Lipinski definition) is 2. The highest BCUT2D eigenvalue weighted by molar-refractivity contribution is 6.17. The summed E-state index contributed by atoms with van der Waals surface area (Å²) >= 11 is 5.58. The molecular weight excluding hydrogens is 250 g/mol. The Bertz CT molecular complexity index is 369. The predicted molar refractivity (Wildman–Crippen MR) is 74.0 cm³/mol. The molecule has 1 rings (SSSR count). The molecule has 0 spiro atoms. The molecule has 0 saturated carbocycles. The molecule has 0 radical (unpaired) electrons. The number of phenols is 1. The predicted octanol–water partition coefficient (Wildman–Crippen LogP) is 2.85. The minimum Gasteiger partial charge on any atom is -0.508 e. The van der Waals surface area contributed by atoms with Crippen LogP contribution in [0.3, 0.4) is 0 Å². The first kappa shape index (κ1) is 14.8. The highest BCUT2D eigenvalue weighted by Gasteiger charge is 2.03. The number of phenolic OH excluding ortho intramolecular Hbond substituents is 1. The van der Waals surface area contributed by atoms with E-state index < -0.39 is 0 Å². The maximum atomic E-state index is 11.6. The van der Waals surface area contributed by atoms with Gasteiger partial charge in [0.15, 0.2) is 0 Å². The SMILES string of the molecule is O=C(Cc1cccc(O)c1)NCCCCCCCl. The average molecular weight is 270 g/mol. The van der Waals surface area contributed by atoms with Gasteiger partial charge in [-0.3, -0.25) is 4.79 Å². The first-order valence-corrected chi connectivity index (χ1v) is 6.86. The van der Waals surface area contributed by atoms with E-state index in [9.17, 15) is 9.90 Å². The molecule has 1 amide bonds. The van der Waals surface area contributed by atoms with Crippen molar-refractivity contribution in [2.75, 3.05) is 12.4 Å². The zero-order chi connectivity index (χ0) is 13.2. The molecule has 1 aromatic carbocycles. The van der Waals surface area contributed by atoms with Crippen LogP contribution in [-0.4, -0.2) is 23.4 Å². The summed E-state index contributed by atoms with van der Waals surface area (Å²) in [6.07, 6.45) is 4.56. The van der Waals surface area contributed by atoms with Gasteiger partial charge in [0.25, 0.3) is 0 Å². The maximum Gasteiger partial charge on any atom is 0.224 e. The summed E-state index contributed by atoms with van der Waals surface area (Å²) in [7, 11) is 0. The fourth-order valence-electron chi connectivity index (χ4n) is 1.72. The van der Waals surface area contributed by atoms with Crippen molar-refractivity contribution in [2.45, 2.75) is 32.1 Å². The van der Waals surface area contributed by atoms with Gasteiger partial charge in [-0.1, -0.05) is 25.0 Å². The van der Waals surface area contributed by atoms with E-state index in [4.69, 9.17) is 11.6 Å². The number of alkyl halides is 1. The Hall–Kier alpha value is -1.22. The van der Waals surface area contributed by atoms with Crippen LogP contribution in [0.2, 0.25) is 0 Å². The van der Waals surface area contributed by atoms with Crippen molar-refractivity contribution >= 4 is 17.5 Å². The molecule has 0 heterocycles. The Morgan fingerprint density at radius 1 is 1.22 bits per heavy atom. The number of carbonyl (C=O) groups is 1. The molecule has 0 aromatic heterocycles. The number of benzene rings is 1. The summed E-state index contributed by atoms with van der Waals surface area (Å²) in [5.41, 5.74) is 0.828. The standard InChI is InChI=1S/C14H20ClNO2/c15-8-3-1-2-4-9-16-14(18)11-12-6-5-7-13(17)10-12/h5-7,10,17H,1-4,8-9,11H2,(H,16,18). The van der Waals surface area contributed by atoms with Gasteiger partial charge in [0.2, 0.25) is 5.91 Å². The molecule has 0 saturated heterocycles. The molecule has 18 heavy (non-hydrogen) atoms. The van der Waals surface area contributed by atoms with Crippen molar-refractivity contribution in [3.05, 3.63) is 29.8 Å². The minimum absolute atomic E-state index is 0.00190. The third-order valence-corrected chi connectivity index (χ3v) is 2.93. The highest BCUT2D eigenvalue weighted by Crippen LogP contribution is 2.11. The number of nitrogens with one attached hydrogen (secondary N) is 1. The summed E-state index contributed by atoms with van der Waals surface area (Å²) in [5, 5.41) is 12.2. The van der Waals surface area contributed by atoms with Crippen LogP contribution in [0.1, 0.15) is 31.2 Å². The van der Waals surface area contributed by atoms with Gasteiger partial charge >= 0.3 is 0 Å². The van der Waals surface area contributed by atoms with Gasteiger partial charge in [0.1, 0.15) is 5.75 Å². The lowest BCUT2D eigenvalue weighted by molar-refractivity contribution is -0.120. The fourth-order valence-corrected chi connectivity index (χ4v) is 1.90. The second-order valence-corrected chi connectivity index (χ2v) is 4.68. The van der Waals surface area contributed by atoms with E-state index in [1.54, 1.807) is 18.2 Å². The lowest BCUT2D eigenvalue weighted by atomic mass is 10.1. The first-order chi connectivity index (χ1) is 8.72. The molecule has 4 heteroatoms. The maximum absolute atomic E-state index is 11.6. The van der Waals surface area contributed by atoms with Crippen molar-refractivity contribution in [3.63, 3.8) is 0 Å². The zero-order valence-electron chi connectivity index (χ0n) is 10.5. The average Bonchev–Trinajstić information content (AvgIpc) is 2.33. The van der Waals surface area contributed by atoms with Crippen molar-refractivity contribution in [3.8, 4) is 5.75 Å². The van der Waals surface area contributed by atoms with Crippen LogP contribution in [0.5, 0.6) is 5.75 Å². The van der Waals surface area contributed by atoms with Crippen LogP contribution in [0, 0.1) is 0 Å². The number of hydrogen-bond acceptors (Lipinski definition) is 2. The van der Waals surface area contributed by atoms with E-state index >= 15 is 0 Å².